The molecule has 21 heavy (non-hydrogen) atoms. The molecule has 0 aliphatic carbocycles. The van der Waals surface area contributed by atoms with Crippen molar-refractivity contribution in [3.8, 4) is 0 Å². The number of amides is 1. The van der Waals surface area contributed by atoms with E-state index in [1.165, 1.54) is 11.3 Å². The van der Waals surface area contributed by atoms with E-state index in [1.807, 2.05) is 25.2 Å². The molecule has 0 aliphatic heterocycles. The predicted octanol–water partition coefficient (Wildman–Crippen LogP) is 1.58. The molecule has 6 nitrogen and oxygen atoms in total. The highest BCUT2D eigenvalue weighted by atomic mass is 32.1. The molecule has 3 aromatic heterocycles. The molecule has 0 radical (unpaired) electrons. The number of hydrogen-bond donors (Lipinski definition) is 2. The van der Waals surface area contributed by atoms with E-state index >= 15 is 0 Å². The summed E-state index contributed by atoms with van der Waals surface area (Å²) in [6.07, 6.45) is 4.15. The van der Waals surface area contributed by atoms with Crippen LogP contribution in [-0.2, 0) is 13.5 Å². The third-order valence-electron chi connectivity index (χ3n) is 3.28. The minimum Gasteiger partial charge on any atom is -0.396 e. The zero-order chi connectivity index (χ0) is 14.8. The van der Waals surface area contributed by atoms with Gasteiger partial charge in [0.05, 0.1) is 10.4 Å². The van der Waals surface area contributed by atoms with Gasteiger partial charge in [-0.05, 0) is 18.2 Å². The monoisotopic (exact) mass is 301 g/mol. The fourth-order valence-corrected chi connectivity index (χ4v) is 3.14. The Morgan fingerprint density at radius 2 is 2.29 bits per heavy atom. The lowest BCUT2D eigenvalue weighted by Gasteiger charge is -2.04. The smallest absolute Gasteiger partial charge is 0.263 e. The van der Waals surface area contributed by atoms with Gasteiger partial charge in [-0.3, -0.25) is 14.5 Å². The van der Waals surface area contributed by atoms with E-state index in [0.29, 0.717) is 22.6 Å². The van der Waals surface area contributed by atoms with Crippen LogP contribution < -0.4 is 11.1 Å². The number of pyridine rings is 1. The average molecular weight is 301 g/mol. The Morgan fingerprint density at radius 1 is 1.43 bits per heavy atom. The van der Waals surface area contributed by atoms with Gasteiger partial charge in [0, 0.05) is 38.1 Å². The molecule has 0 atom stereocenters. The Morgan fingerprint density at radius 3 is 3.00 bits per heavy atom. The van der Waals surface area contributed by atoms with Crippen molar-refractivity contribution >= 4 is 33.1 Å². The van der Waals surface area contributed by atoms with Gasteiger partial charge in [-0.2, -0.15) is 5.10 Å². The molecule has 108 valence electrons. The van der Waals surface area contributed by atoms with Crippen LogP contribution in [0.25, 0.3) is 10.2 Å². The number of nitrogens with two attached hydrogens (primary N) is 1. The number of aromatic nitrogens is 3. The van der Waals surface area contributed by atoms with Gasteiger partial charge in [0.2, 0.25) is 0 Å². The van der Waals surface area contributed by atoms with Crippen molar-refractivity contribution in [1.82, 2.24) is 20.1 Å². The van der Waals surface area contributed by atoms with E-state index < -0.39 is 0 Å². The zero-order valence-electron chi connectivity index (χ0n) is 11.5. The number of thiophene rings is 1. The van der Waals surface area contributed by atoms with E-state index in [9.17, 15) is 4.79 Å². The van der Waals surface area contributed by atoms with Crippen LogP contribution in [0.15, 0.2) is 30.6 Å². The molecule has 0 spiro atoms. The van der Waals surface area contributed by atoms with Gasteiger partial charge >= 0.3 is 0 Å². The molecule has 0 aliphatic rings. The van der Waals surface area contributed by atoms with E-state index in [-0.39, 0.29) is 5.91 Å². The van der Waals surface area contributed by atoms with Crippen LogP contribution in [-0.4, -0.2) is 27.2 Å². The summed E-state index contributed by atoms with van der Waals surface area (Å²) in [5.41, 5.74) is 8.22. The lowest BCUT2D eigenvalue weighted by molar-refractivity contribution is 0.0959. The van der Waals surface area contributed by atoms with E-state index in [0.717, 1.165) is 16.8 Å². The first-order chi connectivity index (χ1) is 10.2. The lowest BCUT2D eigenvalue weighted by atomic mass is 10.3. The molecule has 0 bridgehead atoms. The second-order valence-electron chi connectivity index (χ2n) is 4.65. The van der Waals surface area contributed by atoms with Crippen molar-refractivity contribution in [2.45, 2.75) is 6.42 Å². The minimum absolute atomic E-state index is 0.155. The molecule has 0 aromatic carbocycles. The summed E-state index contributed by atoms with van der Waals surface area (Å²) >= 11 is 1.37. The molecule has 3 rings (SSSR count). The van der Waals surface area contributed by atoms with Gasteiger partial charge in [-0.25, -0.2) is 0 Å². The number of nitrogens with one attached hydrogen (secondary N) is 1. The molecule has 3 aromatic rings. The van der Waals surface area contributed by atoms with Crippen LogP contribution in [0.5, 0.6) is 0 Å². The number of rotatable bonds is 4. The Hall–Kier alpha value is -2.41. The summed E-state index contributed by atoms with van der Waals surface area (Å²) in [5, 5.41) is 6.98. The summed E-state index contributed by atoms with van der Waals surface area (Å²) in [6.45, 7) is 0.541. The standard InChI is InChI=1S/C14H15N5OS/c1-19-9(5-8-18-19)4-7-17-14(20)13-11(15)12-10(21-13)3-2-6-16-12/h2-3,5-6,8H,4,7,15H2,1H3,(H,17,20). The summed E-state index contributed by atoms with van der Waals surface area (Å²) in [4.78, 5) is 16.9. The number of carbonyl (C=O) groups is 1. The SMILES string of the molecule is Cn1nccc1CCNC(=O)c1sc2cccnc2c1N. The van der Waals surface area contributed by atoms with Crippen LogP contribution in [0.4, 0.5) is 5.69 Å². The van der Waals surface area contributed by atoms with Crippen LogP contribution in [0, 0.1) is 0 Å². The van der Waals surface area contributed by atoms with Crippen LogP contribution >= 0.6 is 11.3 Å². The van der Waals surface area contributed by atoms with Crippen molar-refractivity contribution < 1.29 is 4.79 Å². The highest BCUT2D eigenvalue weighted by Gasteiger charge is 2.16. The minimum atomic E-state index is -0.155. The number of hydrogen-bond acceptors (Lipinski definition) is 5. The van der Waals surface area contributed by atoms with Crippen LogP contribution in [0.2, 0.25) is 0 Å². The van der Waals surface area contributed by atoms with Crippen molar-refractivity contribution in [3.63, 3.8) is 0 Å². The summed E-state index contributed by atoms with van der Waals surface area (Å²) in [7, 11) is 1.88. The third kappa shape index (κ3) is 2.59. The molecule has 0 saturated heterocycles. The maximum absolute atomic E-state index is 12.2. The molecule has 7 heteroatoms. The number of nitrogens with zero attached hydrogens (tertiary/aromatic N) is 3. The first-order valence-electron chi connectivity index (χ1n) is 6.55. The number of aryl methyl sites for hydroxylation is 1. The molecule has 3 N–H and O–H groups in total. The molecule has 3 heterocycles. The molecule has 1 amide bonds. The highest BCUT2D eigenvalue weighted by molar-refractivity contribution is 7.21. The van der Waals surface area contributed by atoms with E-state index in [1.54, 1.807) is 17.1 Å². The Balaban J connectivity index is 1.70. The van der Waals surface area contributed by atoms with E-state index in [2.05, 4.69) is 15.4 Å². The summed E-state index contributed by atoms with van der Waals surface area (Å²) in [6, 6.07) is 5.68. The van der Waals surface area contributed by atoms with Gasteiger partial charge in [0.15, 0.2) is 0 Å². The number of anilines is 1. The summed E-state index contributed by atoms with van der Waals surface area (Å²) in [5.74, 6) is -0.155. The van der Waals surface area contributed by atoms with Crippen molar-refractivity contribution in [1.29, 1.82) is 0 Å². The first-order valence-corrected chi connectivity index (χ1v) is 7.36. The number of carbonyl (C=O) groups excluding carboxylic acids is 1. The van der Waals surface area contributed by atoms with Crippen molar-refractivity contribution in [2.24, 2.45) is 7.05 Å². The Labute approximate surface area is 125 Å². The number of fused-ring (bicyclic) bond motifs is 1. The topological polar surface area (TPSA) is 85.8 Å². The van der Waals surface area contributed by atoms with Gasteiger partial charge in [0.25, 0.3) is 5.91 Å². The lowest BCUT2D eigenvalue weighted by Crippen LogP contribution is -2.26. The second-order valence-corrected chi connectivity index (χ2v) is 5.70. The maximum atomic E-state index is 12.2. The Bertz CT molecular complexity index is 792. The average Bonchev–Trinajstić information content (AvgIpc) is 3.04. The predicted molar refractivity (Wildman–Crippen MR) is 83.3 cm³/mol. The second kappa shape index (κ2) is 5.53. The molecule has 0 fully saturated rings. The van der Waals surface area contributed by atoms with Crippen molar-refractivity contribution in [2.75, 3.05) is 12.3 Å². The largest absolute Gasteiger partial charge is 0.396 e. The molecular weight excluding hydrogens is 286 g/mol. The van der Waals surface area contributed by atoms with Crippen molar-refractivity contribution in [3.05, 3.63) is 41.2 Å². The van der Waals surface area contributed by atoms with Gasteiger partial charge in [-0.15, -0.1) is 11.3 Å². The maximum Gasteiger partial charge on any atom is 0.263 e. The van der Waals surface area contributed by atoms with Gasteiger partial charge in [-0.1, -0.05) is 0 Å². The van der Waals surface area contributed by atoms with Gasteiger partial charge < -0.3 is 11.1 Å². The first kappa shape index (κ1) is 13.6. The zero-order valence-corrected chi connectivity index (χ0v) is 12.4. The molecular formula is C14H15N5OS. The fourth-order valence-electron chi connectivity index (χ4n) is 2.15. The molecule has 0 saturated carbocycles. The quantitative estimate of drug-likeness (QED) is 0.766. The molecule has 0 unspecified atom stereocenters. The van der Waals surface area contributed by atoms with Crippen LogP contribution in [0.3, 0.4) is 0 Å². The van der Waals surface area contributed by atoms with E-state index in [4.69, 9.17) is 5.73 Å². The van der Waals surface area contributed by atoms with Gasteiger partial charge in [0.1, 0.15) is 10.4 Å². The highest BCUT2D eigenvalue weighted by Crippen LogP contribution is 2.31. The normalized spacial score (nSPS) is 10.9. The third-order valence-corrected chi connectivity index (χ3v) is 4.44. The summed E-state index contributed by atoms with van der Waals surface area (Å²) < 4.78 is 2.72. The number of nitrogen functional groups attached to an aromatic ring is 1. The Kier molecular flexibility index (Phi) is 3.57. The fraction of sp³-hybridized carbons (Fsp3) is 0.214. The van der Waals surface area contributed by atoms with Crippen LogP contribution in [0.1, 0.15) is 15.4 Å².